The van der Waals surface area contributed by atoms with E-state index in [-0.39, 0.29) is 12.7 Å². The molecular formula is C21H22N2O4. The second-order valence-corrected chi connectivity index (χ2v) is 6.64. The number of hydrogen-bond donors (Lipinski definition) is 0. The first kappa shape index (κ1) is 17.4. The van der Waals surface area contributed by atoms with Gasteiger partial charge in [0.15, 0.2) is 11.5 Å². The average molecular weight is 366 g/mol. The Bertz CT molecular complexity index is 843. The van der Waals surface area contributed by atoms with Crippen molar-refractivity contribution >= 4 is 12.0 Å². The molecular weight excluding hydrogens is 344 g/mol. The van der Waals surface area contributed by atoms with Gasteiger partial charge in [0.05, 0.1) is 7.11 Å². The van der Waals surface area contributed by atoms with E-state index in [4.69, 9.17) is 14.2 Å². The summed E-state index contributed by atoms with van der Waals surface area (Å²) in [6.07, 6.45) is 7.11. The van der Waals surface area contributed by atoms with Crippen molar-refractivity contribution in [2.24, 2.45) is 0 Å². The van der Waals surface area contributed by atoms with Gasteiger partial charge in [-0.15, -0.1) is 0 Å². The number of likely N-dealkylation sites (tertiary alicyclic amines) is 1. The topological polar surface area (TPSA) is 60.9 Å². The second kappa shape index (κ2) is 7.70. The SMILES string of the molecule is COc1cc(/C=C/C(=O)N2CCC(c3ccccn3)CC2)cc2c1OCO2. The summed E-state index contributed by atoms with van der Waals surface area (Å²) >= 11 is 0. The maximum Gasteiger partial charge on any atom is 0.246 e. The molecule has 3 heterocycles. The summed E-state index contributed by atoms with van der Waals surface area (Å²) in [5.74, 6) is 2.30. The predicted octanol–water partition coefficient (Wildman–Crippen LogP) is 3.24. The summed E-state index contributed by atoms with van der Waals surface area (Å²) in [6.45, 7) is 1.67. The molecule has 140 valence electrons. The van der Waals surface area contributed by atoms with Crippen LogP contribution in [0.25, 0.3) is 6.08 Å². The van der Waals surface area contributed by atoms with Crippen molar-refractivity contribution in [3.05, 3.63) is 53.9 Å². The number of fused-ring (bicyclic) bond motifs is 1. The summed E-state index contributed by atoms with van der Waals surface area (Å²) in [5.41, 5.74) is 1.96. The summed E-state index contributed by atoms with van der Waals surface area (Å²) in [6, 6.07) is 9.70. The van der Waals surface area contributed by atoms with Crippen LogP contribution in [0.4, 0.5) is 0 Å². The van der Waals surface area contributed by atoms with Gasteiger partial charge in [0.1, 0.15) is 0 Å². The van der Waals surface area contributed by atoms with Crippen LogP contribution in [0.1, 0.15) is 30.0 Å². The number of nitrogens with zero attached hydrogens (tertiary/aromatic N) is 2. The molecule has 4 rings (SSSR count). The van der Waals surface area contributed by atoms with Gasteiger partial charge in [-0.3, -0.25) is 9.78 Å². The van der Waals surface area contributed by atoms with E-state index in [0.29, 0.717) is 23.2 Å². The Morgan fingerprint density at radius 1 is 1.26 bits per heavy atom. The van der Waals surface area contributed by atoms with E-state index in [2.05, 4.69) is 11.1 Å². The van der Waals surface area contributed by atoms with Crippen molar-refractivity contribution in [3.8, 4) is 17.2 Å². The Balaban J connectivity index is 1.39. The fourth-order valence-corrected chi connectivity index (χ4v) is 3.53. The maximum absolute atomic E-state index is 12.5. The first-order valence-corrected chi connectivity index (χ1v) is 9.10. The van der Waals surface area contributed by atoms with Crippen molar-refractivity contribution in [1.82, 2.24) is 9.88 Å². The Kier molecular flexibility index (Phi) is 4.96. The lowest BCUT2D eigenvalue weighted by Crippen LogP contribution is -2.37. The molecule has 2 aromatic rings. The van der Waals surface area contributed by atoms with E-state index in [0.717, 1.165) is 37.2 Å². The molecule has 0 radical (unpaired) electrons. The van der Waals surface area contributed by atoms with Crippen molar-refractivity contribution in [1.29, 1.82) is 0 Å². The number of benzene rings is 1. The smallest absolute Gasteiger partial charge is 0.246 e. The largest absolute Gasteiger partial charge is 0.493 e. The van der Waals surface area contributed by atoms with Gasteiger partial charge in [-0.25, -0.2) is 0 Å². The number of carbonyl (C=O) groups is 1. The lowest BCUT2D eigenvalue weighted by molar-refractivity contribution is -0.126. The number of amides is 1. The number of piperidine rings is 1. The number of ether oxygens (including phenoxy) is 3. The molecule has 0 aliphatic carbocycles. The molecule has 1 saturated heterocycles. The number of aromatic nitrogens is 1. The molecule has 0 bridgehead atoms. The van der Waals surface area contributed by atoms with Crippen LogP contribution in [-0.4, -0.2) is 42.8 Å². The van der Waals surface area contributed by atoms with Gasteiger partial charge in [0.25, 0.3) is 0 Å². The number of carbonyl (C=O) groups excluding carboxylic acids is 1. The summed E-state index contributed by atoms with van der Waals surface area (Å²) < 4.78 is 16.1. The van der Waals surface area contributed by atoms with Crippen molar-refractivity contribution in [2.45, 2.75) is 18.8 Å². The number of methoxy groups -OCH3 is 1. The van der Waals surface area contributed by atoms with Gasteiger partial charge in [0, 0.05) is 37.0 Å². The molecule has 1 aromatic carbocycles. The molecule has 27 heavy (non-hydrogen) atoms. The molecule has 0 N–H and O–H groups in total. The summed E-state index contributed by atoms with van der Waals surface area (Å²) in [7, 11) is 1.59. The third kappa shape index (κ3) is 3.74. The highest BCUT2D eigenvalue weighted by Gasteiger charge is 2.23. The highest BCUT2D eigenvalue weighted by molar-refractivity contribution is 5.92. The normalized spacial score (nSPS) is 16.7. The standard InChI is InChI=1S/C21H22N2O4/c1-25-18-12-15(13-19-21(18)27-14-26-19)5-6-20(24)23-10-7-16(8-11-23)17-4-2-3-9-22-17/h2-6,9,12-13,16H,7-8,10-11,14H2,1H3/b6-5+. The molecule has 1 amide bonds. The van der Waals surface area contributed by atoms with E-state index >= 15 is 0 Å². The minimum Gasteiger partial charge on any atom is -0.493 e. The zero-order valence-corrected chi connectivity index (χ0v) is 15.3. The third-order valence-electron chi connectivity index (χ3n) is 5.01. The maximum atomic E-state index is 12.5. The quantitative estimate of drug-likeness (QED) is 0.778. The van der Waals surface area contributed by atoms with Crippen LogP contribution in [0.5, 0.6) is 17.2 Å². The number of hydrogen-bond acceptors (Lipinski definition) is 5. The third-order valence-corrected chi connectivity index (χ3v) is 5.01. The van der Waals surface area contributed by atoms with Crippen LogP contribution in [0.15, 0.2) is 42.6 Å². The fraction of sp³-hybridized carbons (Fsp3) is 0.333. The molecule has 0 unspecified atom stereocenters. The van der Waals surface area contributed by atoms with Gasteiger partial charge in [0.2, 0.25) is 18.4 Å². The highest BCUT2D eigenvalue weighted by atomic mass is 16.7. The molecule has 0 saturated carbocycles. The molecule has 0 atom stereocenters. The highest BCUT2D eigenvalue weighted by Crippen LogP contribution is 2.42. The molecule has 1 aromatic heterocycles. The average Bonchev–Trinajstić information content (AvgIpc) is 3.21. The van der Waals surface area contributed by atoms with Gasteiger partial charge in [-0.2, -0.15) is 0 Å². The number of rotatable bonds is 4. The van der Waals surface area contributed by atoms with Crippen LogP contribution < -0.4 is 14.2 Å². The van der Waals surface area contributed by atoms with Crippen molar-refractivity contribution in [2.75, 3.05) is 27.0 Å². The minimum atomic E-state index is 0.0195. The zero-order chi connectivity index (χ0) is 18.6. The van der Waals surface area contributed by atoms with Gasteiger partial charge >= 0.3 is 0 Å². The van der Waals surface area contributed by atoms with E-state index in [9.17, 15) is 4.79 Å². The first-order valence-electron chi connectivity index (χ1n) is 9.10. The molecule has 2 aliphatic heterocycles. The zero-order valence-electron chi connectivity index (χ0n) is 15.3. The van der Waals surface area contributed by atoms with E-state index < -0.39 is 0 Å². The Morgan fingerprint density at radius 2 is 2.11 bits per heavy atom. The van der Waals surface area contributed by atoms with Crippen LogP contribution >= 0.6 is 0 Å². The summed E-state index contributed by atoms with van der Waals surface area (Å²) in [5, 5.41) is 0. The molecule has 2 aliphatic rings. The van der Waals surface area contributed by atoms with Crippen LogP contribution in [0, 0.1) is 0 Å². The Hall–Kier alpha value is -3.02. The monoisotopic (exact) mass is 366 g/mol. The van der Waals surface area contributed by atoms with Gasteiger partial charge in [-0.05, 0) is 48.7 Å². The predicted molar refractivity (Wildman–Crippen MR) is 101 cm³/mol. The molecule has 6 nitrogen and oxygen atoms in total. The van der Waals surface area contributed by atoms with Crippen LogP contribution in [0.3, 0.4) is 0 Å². The van der Waals surface area contributed by atoms with Crippen LogP contribution in [-0.2, 0) is 4.79 Å². The van der Waals surface area contributed by atoms with Crippen molar-refractivity contribution in [3.63, 3.8) is 0 Å². The molecule has 1 fully saturated rings. The lowest BCUT2D eigenvalue weighted by Gasteiger charge is -2.31. The fourth-order valence-electron chi connectivity index (χ4n) is 3.53. The molecule has 0 spiro atoms. The van der Waals surface area contributed by atoms with Crippen LogP contribution in [0.2, 0.25) is 0 Å². The first-order chi connectivity index (χ1) is 13.2. The van der Waals surface area contributed by atoms with E-state index in [1.807, 2.05) is 35.4 Å². The lowest BCUT2D eigenvalue weighted by atomic mass is 9.93. The Morgan fingerprint density at radius 3 is 2.85 bits per heavy atom. The van der Waals surface area contributed by atoms with E-state index in [1.165, 1.54) is 0 Å². The Labute approximate surface area is 158 Å². The minimum absolute atomic E-state index is 0.0195. The van der Waals surface area contributed by atoms with E-state index in [1.54, 1.807) is 19.3 Å². The second-order valence-electron chi connectivity index (χ2n) is 6.64. The molecule has 6 heteroatoms. The summed E-state index contributed by atoms with van der Waals surface area (Å²) in [4.78, 5) is 18.9. The number of pyridine rings is 1. The van der Waals surface area contributed by atoms with Crippen molar-refractivity contribution < 1.29 is 19.0 Å². The van der Waals surface area contributed by atoms with Gasteiger partial charge in [-0.1, -0.05) is 6.07 Å². The van der Waals surface area contributed by atoms with Gasteiger partial charge < -0.3 is 19.1 Å².